The molecular formula is C11H15N3O2. The first-order valence-electron chi connectivity index (χ1n) is 5.50. The van der Waals surface area contributed by atoms with Gasteiger partial charge in [-0.1, -0.05) is 13.3 Å². The first-order chi connectivity index (χ1) is 7.61. The molecule has 0 aliphatic heterocycles. The summed E-state index contributed by atoms with van der Waals surface area (Å²) in [5.74, 6) is 1.47. The fourth-order valence-electron chi connectivity index (χ4n) is 1.89. The van der Waals surface area contributed by atoms with Crippen LogP contribution in [0.1, 0.15) is 25.5 Å². The minimum atomic E-state index is -0.405. The van der Waals surface area contributed by atoms with Crippen molar-refractivity contribution in [3.8, 4) is 0 Å². The van der Waals surface area contributed by atoms with Crippen LogP contribution >= 0.6 is 0 Å². The van der Waals surface area contributed by atoms with E-state index in [2.05, 4.69) is 17.2 Å². The molecule has 1 aromatic rings. The van der Waals surface area contributed by atoms with Crippen LogP contribution in [0.2, 0.25) is 0 Å². The summed E-state index contributed by atoms with van der Waals surface area (Å²) >= 11 is 0. The molecule has 1 N–H and O–H groups in total. The first kappa shape index (κ1) is 10.9. The summed E-state index contributed by atoms with van der Waals surface area (Å²) in [5, 5.41) is 13.9. The van der Waals surface area contributed by atoms with Gasteiger partial charge in [0.25, 0.3) is 5.69 Å². The average molecular weight is 221 g/mol. The Bertz CT molecular complexity index is 420. The van der Waals surface area contributed by atoms with Gasteiger partial charge in [0.2, 0.25) is 0 Å². The van der Waals surface area contributed by atoms with Gasteiger partial charge in [-0.25, -0.2) is 4.98 Å². The smallest absolute Gasteiger partial charge is 0.290 e. The van der Waals surface area contributed by atoms with Gasteiger partial charge in [-0.05, 0) is 25.3 Å². The molecule has 5 heteroatoms. The van der Waals surface area contributed by atoms with Crippen molar-refractivity contribution >= 4 is 11.5 Å². The fraction of sp³-hybridized carbons (Fsp3) is 0.545. The molecule has 86 valence electrons. The summed E-state index contributed by atoms with van der Waals surface area (Å²) < 4.78 is 0. The Labute approximate surface area is 94.0 Å². The van der Waals surface area contributed by atoms with Crippen molar-refractivity contribution in [2.24, 2.45) is 5.92 Å². The molecule has 1 saturated carbocycles. The van der Waals surface area contributed by atoms with Crippen molar-refractivity contribution in [1.82, 2.24) is 4.98 Å². The number of rotatable bonds is 4. The Hall–Kier alpha value is -1.65. The number of nitrogens with one attached hydrogen (secondary N) is 1. The van der Waals surface area contributed by atoms with Gasteiger partial charge in [0.15, 0.2) is 0 Å². The summed E-state index contributed by atoms with van der Waals surface area (Å²) in [6.45, 7) is 3.83. The third kappa shape index (κ3) is 2.13. The van der Waals surface area contributed by atoms with Crippen molar-refractivity contribution in [2.45, 2.75) is 32.7 Å². The van der Waals surface area contributed by atoms with Crippen molar-refractivity contribution < 1.29 is 4.92 Å². The maximum absolute atomic E-state index is 10.6. The molecule has 1 heterocycles. The lowest BCUT2D eigenvalue weighted by Gasteiger charge is -2.05. The van der Waals surface area contributed by atoms with E-state index in [1.54, 1.807) is 13.0 Å². The number of anilines is 1. The minimum absolute atomic E-state index is 0.0772. The zero-order chi connectivity index (χ0) is 11.7. The van der Waals surface area contributed by atoms with Crippen molar-refractivity contribution in [3.05, 3.63) is 27.9 Å². The van der Waals surface area contributed by atoms with Crippen LogP contribution in [0.25, 0.3) is 0 Å². The van der Waals surface area contributed by atoms with Crippen LogP contribution in [0.4, 0.5) is 11.5 Å². The van der Waals surface area contributed by atoms with Gasteiger partial charge in [-0.15, -0.1) is 0 Å². The summed E-state index contributed by atoms with van der Waals surface area (Å²) in [5.41, 5.74) is 0.539. The molecule has 1 aromatic heterocycles. The van der Waals surface area contributed by atoms with Gasteiger partial charge in [-0.2, -0.15) is 0 Å². The predicted octanol–water partition coefficient (Wildman–Crippen LogP) is 2.51. The molecule has 5 nitrogen and oxygen atoms in total. The summed E-state index contributed by atoms with van der Waals surface area (Å²) in [7, 11) is 0. The van der Waals surface area contributed by atoms with Gasteiger partial charge in [0.1, 0.15) is 11.5 Å². The van der Waals surface area contributed by atoms with E-state index >= 15 is 0 Å². The van der Waals surface area contributed by atoms with E-state index in [4.69, 9.17) is 0 Å². The Morgan fingerprint density at radius 3 is 2.88 bits per heavy atom. The quantitative estimate of drug-likeness (QED) is 0.626. The molecule has 1 aliphatic carbocycles. The van der Waals surface area contributed by atoms with E-state index in [-0.39, 0.29) is 5.69 Å². The van der Waals surface area contributed by atoms with E-state index in [9.17, 15) is 10.1 Å². The summed E-state index contributed by atoms with van der Waals surface area (Å²) in [6, 6.07) is 3.68. The lowest BCUT2D eigenvalue weighted by atomic mass is 10.3. The van der Waals surface area contributed by atoms with Gasteiger partial charge in [-0.3, -0.25) is 10.1 Å². The number of hydrogen-bond donors (Lipinski definition) is 1. The van der Waals surface area contributed by atoms with Crippen molar-refractivity contribution in [3.63, 3.8) is 0 Å². The molecule has 0 bridgehead atoms. The van der Waals surface area contributed by atoms with E-state index in [0.29, 0.717) is 11.7 Å². The van der Waals surface area contributed by atoms with Gasteiger partial charge in [0, 0.05) is 12.1 Å². The van der Waals surface area contributed by atoms with Crippen molar-refractivity contribution in [1.29, 1.82) is 0 Å². The highest BCUT2D eigenvalue weighted by Crippen LogP contribution is 2.35. The number of aryl methyl sites for hydroxylation is 1. The van der Waals surface area contributed by atoms with Crippen LogP contribution < -0.4 is 5.32 Å². The fourth-order valence-corrected chi connectivity index (χ4v) is 1.89. The Morgan fingerprint density at radius 1 is 1.62 bits per heavy atom. The highest BCUT2D eigenvalue weighted by molar-refractivity contribution is 5.46. The van der Waals surface area contributed by atoms with E-state index in [0.717, 1.165) is 11.7 Å². The molecule has 1 fully saturated rings. The van der Waals surface area contributed by atoms with Gasteiger partial charge in [0.05, 0.1) is 4.92 Å². The highest BCUT2D eigenvalue weighted by atomic mass is 16.6. The zero-order valence-corrected chi connectivity index (χ0v) is 9.43. The second kappa shape index (κ2) is 4.08. The molecule has 0 spiro atoms. The third-order valence-corrected chi connectivity index (χ3v) is 3.03. The maximum Gasteiger partial charge on any atom is 0.290 e. The second-order valence-corrected chi connectivity index (χ2v) is 4.21. The third-order valence-electron chi connectivity index (χ3n) is 3.03. The Morgan fingerprint density at radius 2 is 2.38 bits per heavy atom. The van der Waals surface area contributed by atoms with Crippen LogP contribution in [0.5, 0.6) is 0 Å². The molecule has 0 radical (unpaired) electrons. The van der Waals surface area contributed by atoms with Gasteiger partial charge < -0.3 is 5.32 Å². The molecule has 16 heavy (non-hydrogen) atoms. The number of hydrogen-bond acceptors (Lipinski definition) is 4. The summed E-state index contributed by atoms with van der Waals surface area (Å²) in [4.78, 5) is 14.4. The average Bonchev–Trinajstić information content (AvgIpc) is 2.96. The normalized spacial score (nSPS) is 22.9. The predicted molar refractivity (Wildman–Crippen MR) is 61.4 cm³/mol. The van der Waals surface area contributed by atoms with Crippen LogP contribution in [0.15, 0.2) is 12.1 Å². The molecule has 2 unspecified atom stereocenters. The topological polar surface area (TPSA) is 68.1 Å². The van der Waals surface area contributed by atoms with Crippen molar-refractivity contribution in [2.75, 3.05) is 5.32 Å². The molecule has 0 aromatic carbocycles. The largest absolute Gasteiger partial charge is 0.367 e. The first-order valence-corrected chi connectivity index (χ1v) is 5.50. The molecule has 2 atom stereocenters. The maximum atomic E-state index is 10.6. The molecule has 1 aliphatic rings. The van der Waals surface area contributed by atoms with Crippen LogP contribution in [-0.4, -0.2) is 15.9 Å². The Kier molecular flexibility index (Phi) is 2.77. The van der Waals surface area contributed by atoms with Gasteiger partial charge >= 0.3 is 0 Å². The number of aromatic nitrogens is 1. The standard InChI is InChI=1S/C11H15N3O2/c1-3-8-6-9(8)13-11-5-4-10(14(15)16)7(2)12-11/h4-5,8-9H,3,6H2,1-2H3,(H,12,13). The summed E-state index contributed by atoms with van der Waals surface area (Å²) in [6.07, 6.45) is 2.35. The van der Waals surface area contributed by atoms with Crippen LogP contribution in [-0.2, 0) is 0 Å². The Balaban J connectivity index is 2.07. The SMILES string of the molecule is CCC1CC1Nc1ccc([N+](=O)[O-])c(C)n1. The second-order valence-electron chi connectivity index (χ2n) is 4.21. The number of nitro groups is 1. The van der Waals surface area contributed by atoms with E-state index < -0.39 is 4.92 Å². The number of pyridine rings is 1. The molecule has 2 rings (SSSR count). The molecular weight excluding hydrogens is 206 g/mol. The van der Waals surface area contributed by atoms with Crippen LogP contribution in [0, 0.1) is 23.0 Å². The van der Waals surface area contributed by atoms with E-state index in [1.807, 2.05) is 0 Å². The highest BCUT2D eigenvalue weighted by Gasteiger charge is 2.35. The molecule has 0 saturated heterocycles. The monoisotopic (exact) mass is 221 g/mol. The zero-order valence-electron chi connectivity index (χ0n) is 9.43. The van der Waals surface area contributed by atoms with Crippen LogP contribution in [0.3, 0.4) is 0 Å². The number of nitrogens with zero attached hydrogens (tertiary/aromatic N) is 2. The molecule has 0 amide bonds. The lowest BCUT2D eigenvalue weighted by Crippen LogP contribution is -2.07. The lowest BCUT2D eigenvalue weighted by molar-refractivity contribution is -0.385. The minimum Gasteiger partial charge on any atom is -0.367 e. The van der Waals surface area contributed by atoms with E-state index in [1.165, 1.54) is 18.9 Å².